The van der Waals surface area contributed by atoms with Gasteiger partial charge in [-0.25, -0.2) is 12.8 Å². The summed E-state index contributed by atoms with van der Waals surface area (Å²) in [6, 6.07) is 11.5. The molecule has 0 N–H and O–H groups in total. The molecule has 1 fully saturated rings. The van der Waals surface area contributed by atoms with Crippen LogP contribution in [0.15, 0.2) is 47.4 Å². The zero-order valence-electron chi connectivity index (χ0n) is 13.8. The van der Waals surface area contributed by atoms with Crippen molar-refractivity contribution in [3.8, 4) is 0 Å². The Morgan fingerprint density at radius 3 is 2.60 bits per heavy atom. The second-order valence-electron chi connectivity index (χ2n) is 6.56. The Balaban J connectivity index is 1.58. The monoisotopic (exact) mass is 361 g/mol. The van der Waals surface area contributed by atoms with Crippen LogP contribution in [-0.2, 0) is 27.6 Å². The van der Waals surface area contributed by atoms with Crippen LogP contribution < -0.4 is 0 Å². The molecule has 1 aliphatic carbocycles. The Hall–Kier alpha value is -1.76. The van der Waals surface area contributed by atoms with Gasteiger partial charge in [-0.1, -0.05) is 18.2 Å². The number of fused-ring (bicyclic) bond motifs is 1. The molecule has 132 valence electrons. The van der Waals surface area contributed by atoms with Crippen LogP contribution in [0.25, 0.3) is 0 Å². The van der Waals surface area contributed by atoms with Crippen molar-refractivity contribution in [2.75, 3.05) is 19.7 Å². The van der Waals surface area contributed by atoms with Gasteiger partial charge >= 0.3 is 0 Å². The normalized spacial score (nSPS) is 21.2. The van der Waals surface area contributed by atoms with Crippen molar-refractivity contribution in [2.45, 2.75) is 30.3 Å². The third-order valence-electron chi connectivity index (χ3n) is 4.98. The number of rotatable bonds is 3. The van der Waals surface area contributed by atoms with Crippen molar-refractivity contribution in [3.05, 3.63) is 65.0 Å². The highest BCUT2D eigenvalue weighted by molar-refractivity contribution is 7.89. The maximum absolute atomic E-state index is 13.1. The molecule has 1 saturated heterocycles. The van der Waals surface area contributed by atoms with Crippen LogP contribution in [0.4, 0.5) is 4.39 Å². The topological polar surface area (TPSA) is 46.6 Å². The van der Waals surface area contributed by atoms with E-state index < -0.39 is 10.0 Å². The Morgan fingerprint density at radius 1 is 1.04 bits per heavy atom. The van der Waals surface area contributed by atoms with E-state index in [0.717, 1.165) is 30.4 Å². The molecule has 0 saturated carbocycles. The molecule has 1 atom stereocenters. The molecule has 25 heavy (non-hydrogen) atoms. The van der Waals surface area contributed by atoms with Gasteiger partial charge in [-0.05, 0) is 60.2 Å². The standard InChI is InChI=1S/C19H20FNO3S/c20-17-7-4-15(5-8-17)19-13-21(10-11-24-19)25(22,23)18-9-6-14-2-1-3-16(14)12-18/h4-9,12,19H,1-3,10-11,13H2. The average molecular weight is 361 g/mol. The molecule has 0 aromatic heterocycles. The summed E-state index contributed by atoms with van der Waals surface area (Å²) in [5.74, 6) is -0.317. The minimum atomic E-state index is -3.55. The lowest BCUT2D eigenvalue weighted by molar-refractivity contribution is -0.00258. The first-order valence-corrected chi connectivity index (χ1v) is 9.97. The average Bonchev–Trinajstić information content (AvgIpc) is 3.10. The van der Waals surface area contributed by atoms with E-state index >= 15 is 0 Å². The van der Waals surface area contributed by atoms with Crippen molar-refractivity contribution in [1.82, 2.24) is 4.31 Å². The molecule has 2 aliphatic rings. The summed E-state index contributed by atoms with van der Waals surface area (Å²) in [4.78, 5) is 0.355. The summed E-state index contributed by atoms with van der Waals surface area (Å²) in [6.07, 6.45) is 2.68. The Bertz CT molecular complexity index is 880. The minimum Gasteiger partial charge on any atom is -0.371 e. The number of halogens is 1. The summed E-state index contributed by atoms with van der Waals surface area (Å²) in [5.41, 5.74) is 3.18. The Kier molecular flexibility index (Phi) is 4.35. The lowest BCUT2D eigenvalue weighted by atomic mass is 10.1. The van der Waals surface area contributed by atoms with Crippen LogP contribution in [0, 0.1) is 5.82 Å². The highest BCUT2D eigenvalue weighted by Gasteiger charge is 2.32. The molecule has 2 aromatic carbocycles. The Labute approximate surface area is 147 Å². The van der Waals surface area contributed by atoms with E-state index in [1.807, 2.05) is 12.1 Å². The van der Waals surface area contributed by atoms with Gasteiger partial charge in [0.1, 0.15) is 5.82 Å². The van der Waals surface area contributed by atoms with Crippen molar-refractivity contribution in [1.29, 1.82) is 0 Å². The zero-order chi connectivity index (χ0) is 17.4. The molecule has 1 aliphatic heterocycles. The molecular formula is C19H20FNO3S. The van der Waals surface area contributed by atoms with E-state index in [0.29, 0.717) is 18.0 Å². The van der Waals surface area contributed by atoms with Gasteiger partial charge in [-0.3, -0.25) is 0 Å². The number of hydrogen-bond donors (Lipinski definition) is 0. The van der Waals surface area contributed by atoms with Gasteiger partial charge in [-0.2, -0.15) is 4.31 Å². The number of hydrogen-bond acceptors (Lipinski definition) is 3. The SMILES string of the molecule is O=S(=O)(c1ccc2c(c1)CCC2)N1CCOC(c2ccc(F)cc2)C1. The van der Waals surface area contributed by atoms with Crippen LogP contribution in [0.5, 0.6) is 0 Å². The van der Waals surface area contributed by atoms with E-state index in [4.69, 9.17) is 4.74 Å². The maximum Gasteiger partial charge on any atom is 0.243 e. The van der Waals surface area contributed by atoms with Gasteiger partial charge in [0.05, 0.1) is 17.6 Å². The van der Waals surface area contributed by atoms with Crippen LogP contribution in [-0.4, -0.2) is 32.4 Å². The quantitative estimate of drug-likeness (QED) is 0.844. The van der Waals surface area contributed by atoms with E-state index in [-0.39, 0.29) is 18.5 Å². The van der Waals surface area contributed by atoms with E-state index in [1.165, 1.54) is 22.0 Å². The summed E-state index contributed by atoms with van der Waals surface area (Å²) in [5, 5.41) is 0. The van der Waals surface area contributed by atoms with Crippen molar-refractivity contribution >= 4 is 10.0 Å². The first-order chi connectivity index (χ1) is 12.0. The zero-order valence-corrected chi connectivity index (χ0v) is 14.6. The second kappa shape index (κ2) is 6.52. The number of nitrogens with zero attached hydrogens (tertiary/aromatic N) is 1. The highest BCUT2D eigenvalue weighted by Crippen LogP contribution is 2.29. The van der Waals surface area contributed by atoms with Gasteiger partial charge in [0.25, 0.3) is 0 Å². The third kappa shape index (κ3) is 3.21. The minimum absolute atomic E-state index is 0.241. The van der Waals surface area contributed by atoms with Crippen molar-refractivity contribution in [2.24, 2.45) is 0 Å². The van der Waals surface area contributed by atoms with Gasteiger partial charge < -0.3 is 4.74 Å². The molecule has 4 nitrogen and oxygen atoms in total. The molecule has 0 amide bonds. The molecule has 1 unspecified atom stereocenters. The Morgan fingerprint density at radius 2 is 1.80 bits per heavy atom. The first-order valence-electron chi connectivity index (χ1n) is 8.53. The van der Waals surface area contributed by atoms with Crippen molar-refractivity contribution < 1.29 is 17.5 Å². The van der Waals surface area contributed by atoms with Gasteiger partial charge in [0.15, 0.2) is 0 Å². The maximum atomic E-state index is 13.1. The van der Waals surface area contributed by atoms with Crippen LogP contribution >= 0.6 is 0 Å². The number of sulfonamides is 1. The summed E-state index contributed by atoms with van der Waals surface area (Å²) >= 11 is 0. The predicted molar refractivity (Wildman–Crippen MR) is 92.3 cm³/mol. The van der Waals surface area contributed by atoms with Crippen LogP contribution in [0.1, 0.15) is 29.2 Å². The molecule has 6 heteroatoms. The van der Waals surface area contributed by atoms with Crippen LogP contribution in [0.3, 0.4) is 0 Å². The summed E-state index contributed by atoms with van der Waals surface area (Å²) in [6.45, 7) is 0.897. The molecule has 2 aromatic rings. The van der Waals surface area contributed by atoms with Gasteiger partial charge in [0, 0.05) is 13.1 Å². The lowest BCUT2D eigenvalue weighted by Gasteiger charge is -2.32. The molecule has 1 heterocycles. The summed E-state index contributed by atoms with van der Waals surface area (Å²) < 4.78 is 46.3. The molecular weight excluding hydrogens is 341 g/mol. The smallest absolute Gasteiger partial charge is 0.243 e. The number of morpholine rings is 1. The molecule has 0 radical (unpaired) electrons. The molecule has 4 rings (SSSR count). The van der Waals surface area contributed by atoms with Crippen molar-refractivity contribution in [3.63, 3.8) is 0 Å². The highest BCUT2D eigenvalue weighted by atomic mass is 32.2. The molecule has 0 spiro atoms. The van der Waals surface area contributed by atoms with Gasteiger partial charge in [0.2, 0.25) is 10.0 Å². The second-order valence-corrected chi connectivity index (χ2v) is 8.50. The number of aryl methyl sites for hydroxylation is 2. The first kappa shape index (κ1) is 16.7. The fourth-order valence-corrected chi connectivity index (χ4v) is 5.06. The molecule has 0 bridgehead atoms. The fourth-order valence-electron chi connectivity index (χ4n) is 3.58. The van der Waals surface area contributed by atoms with Crippen LogP contribution in [0.2, 0.25) is 0 Å². The van der Waals surface area contributed by atoms with E-state index in [9.17, 15) is 12.8 Å². The van der Waals surface area contributed by atoms with E-state index in [2.05, 4.69) is 0 Å². The predicted octanol–water partition coefficient (Wildman–Crippen LogP) is 3.08. The number of benzene rings is 2. The third-order valence-corrected chi connectivity index (χ3v) is 6.84. The largest absolute Gasteiger partial charge is 0.371 e. The fraction of sp³-hybridized carbons (Fsp3) is 0.368. The lowest BCUT2D eigenvalue weighted by Crippen LogP contribution is -2.42. The number of ether oxygens (including phenoxy) is 1. The summed E-state index contributed by atoms with van der Waals surface area (Å²) in [7, 11) is -3.55. The van der Waals surface area contributed by atoms with Gasteiger partial charge in [-0.15, -0.1) is 0 Å². The van der Waals surface area contributed by atoms with E-state index in [1.54, 1.807) is 18.2 Å².